The van der Waals surface area contributed by atoms with Crippen molar-refractivity contribution >= 4 is 14.6 Å². The number of hydrogen-bond donors (Lipinski definition) is 4. The minimum Gasteiger partial charge on any atom is -0.501 e. The molecule has 3 rings (SSSR count). The lowest BCUT2D eigenvalue weighted by Gasteiger charge is -2.21. The predicted octanol–water partition coefficient (Wildman–Crippen LogP) is 1.56. The molecule has 0 bridgehead atoms. The van der Waals surface area contributed by atoms with Crippen LogP contribution in [0.15, 0.2) is 72.8 Å². The van der Waals surface area contributed by atoms with Crippen LogP contribution >= 0.6 is 0 Å². The fourth-order valence-corrected chi connectivity index (χ4v) is 3.20. The van der Waals surface area contributed by atoms with Crippen molar-refractivity contribution < 1.29 is 28.7 Å². The first kappa shape index (κ1) is 23.5. The van der Waals surface area contributed by atoms with Crippen LogP contribution in [0.25, 0.3) is 0 Å². The minimum atomic E-state index is -1.53. The van der Waals surface area contributed by atoms with E-state index in [1.54, 1.807) is 60.7 Å². The third-order valence-corrected chi connectivity index (χ3v) is 4.55. The van der Waals surface area contributed by atoms with Crippen LogP contribution in [-0.2, 0) is 12.8 Å². The standard InChI is InChI=1S/C22H26B2N2O6/c25-15-13-19-20(14-16-26)22(32-24(28)30-18-9-5-2-6-10-18)12-11-21(19)31-23(27)29-17-7-3-1-4-8-17/h1-12,27-28H,13-16,25-26H2. The van der Waals surface area contributed by atoms with Crippen molar-refractivity contribution in [2.24, 2.45) is 11.5 Å². The number of rotatable bonds is 12. The highest BCUT2D eigenvalue weighted by atomic mass is 16.7. The fraction of sp³-hybridized carbons (Fsp3) is 0.182. The lowest BCUT2D eigenvalue weighted by Crippen LogP contribution is -2.31. The highest BCUT2D eigenvalue weighted by Crippen LogP contribution is 2.32. The Labute approximate surface area is 188 Å². The van der Waals surface area contributed by atoms with E-state index >= 15 is 0 Å². The van der Waals surface area contributed by atoms with Crippen molar-refractivity contribution in [2.45, 2.75) is 12.8 Å². The Morgan fingerprint density at radius 3 is 1.28 bits per heavy atom. The Balaban J connectivity index is 1.80. The van der Waals surface area contributed by atoms with Crippen LogP contribution in [0.2, 0.25) is 0 Å². The summed E-state index contributed by atoms with van der Waals surface area (Å²) in [7, 11) is -3.06. The SMILES string of the molecule is NCCc1c(OB(O)Oc2ccccc2)ccc(OB(O)Oc2ccccc2)c1CCN. The van der Waals surface area contributed by atoms with Crippen LogP contribution in [0, 0.1) is 0 Å². The first-order valence-corrected chi connectivity index (χ1v) is 10.3. The summed E-state index contributed by atoms with van der Waals surface area (Å²) in [5.74, 6) is 1.69. The molecule has 0 aliphatic heterocycles. The zero-order valence-corrected chi connectivity index (χ0v) is 17.6. The molecule has 3 aromatic carbocycles. The van der Waals surface area contributed by atoms with Gasteiger partial charge in [-0.25, -0.2) is 0 Å². The normalized spacial score (nSPS) is 10.4. The lowest BCUT2D eigenvalue weighted by atomic mass is 9.98. The van der Waals surface area contributed by atoms with E-state index < -0.39 is 14.6 Å². The molecule has 0 saturated carbocycles. The molecule has 0 radical (unpaired) electrons. The molecule has 0 aliphatic carbocycles. The molecular formula is C22H26B2N2O6. The van der Waals surface area contributed by atoms with Crippen LogP contribution in [-0.4, -0.2) is 37.8 Å². The summed E-state index contributed by atoms with van der Waals surface area (Å²) in [6, 6.07) is 20.9. The largest absolute Gasteiger partial charge is 0.785 e. The number of hydrogen-bond acceptors (Lipinski definition) is 8. The van der Waals surface area contributed by atoms with Crippen LogP contribution < -0.4 is 30.1 Å². The Morgan fingerprint density at radius 2 is 0.938 bits per heavy atom. The van der Waals surface area contributed by atoms with Crippen molar-refractivity contribution in [3.05, 3.63) is 83.9 Å². The molecule has 6 N–H and O–H groups in total. The van der Waals surface area contributed by atoms with Crippen LogP contribution in [0.3, 0.4) is 0 Å². The maximum Gasteiger partial charge on any atom is 0.785 e. The van der Waals surface area contributed by atoms with Gasteiger partial charge in [-0.05, 0) is 62.3 Å². The van der Waals surface area contributed by atoms with Crippen LogP contribution in [0.4, 0.5) is 0 Å². The van der Waals surface area contributed by atoms with Gasteiger partial charge in [0, 0.05) is 11.1 Å². The second kappa shape index (κ2) is 12.0. The maximum atomic E-state index is 10.3. The Morgan fingerprint density at radius 1 is 0.562 bits per heavy atom. The number of nitrogens with two attached hydrogens (primary N) is 2. The Kier molecular flexibility index (Phi) is 8.82. The van der Waals surface area contributed by atoms with Crippen molar-refractivity contribution in [3.63, 3.8) is 0 Å². The van der Waals surface area contributed by atoms with E-state index in [9.17, 15) is 10.0 Å². The highest BCUT2D eigenvalue weighted by molar-refractivity contribution is 6.37. The van der Waals surface area contributed by atoms with Gasteiger partial charge in [0.15, 0.2) is 0 Å². The summed E-state index contributed by atoms with van der Waals surface area (Å²) in [5, 5.41) is 20.5. The van der Waals surface area contributed by atoms with Crippen LogP contribution in [0.5, 0.6) is 23.0 Å². The zero-order valence-electron chi connectivity index (χ0n) is 17.6. The summed E-state index contributed by atoms with van der Waals surface area (Å²) < 4.78 is 22.1. The van der Waals surface area contributed by atoms with Gasteiger partial charge >= 0.3 is 14.6 Å². The average Bonchev–Trinajstić information content (AvgIpc) is 2.79. The van der Waals surface area contributed by atoms with E-state index in [2.05, 4.69) is 0 Å². The smallest absolute Gasteiger partial charge is 0.501 e. The van der Waals surface area contributed by atoms with E-state index in [-0.39, 0.29) is 0 Å². The molecule has 8 nitrogen and oxygen atoms in total. The molecule has 0 aromatic heterocycles. The predicted molar refractivity (Wildman–Crippen MR) is 123 cm³/mol. The van der Waals surface area contributed by atoms with Crippen molar-refractivity contribution in [3.8, 4) is 23.0 Å². The second-order valence-electron chi connectivity index (χ2n) is 6.81. The molecule has 32 heavy (non-hydrogen) atoms. The molecule has 166 valence electrons. The molecule has 10 heteroatoms. The van der Waals surface area contributed by atoms with E-state index in [0.717, 1.165) is 0 Å². The fourth-order valence-electron chi connectivity index (χ4n) is 3.20. The van der Waals surface area contributed by atoms with E-state index in [1.807, 2.05) is 12.1 Å². The molecule has 0 amide bonds. The summed E-state index contributed by atoms with van der Waals surface area (Å²) in [6.45, 7) is 0.659. The van der Waals surface area contributed by atoms with E-state index in [4.69, 9.17) is 30.1 Å². The van der Waals surface area contributed by atoms with Gasteiger partial charge in [0.25, 0.3) is 0 Å². The topological polar surface area (TPSA) is 129 Å². The average molecular weight is 436 g/mol. The highest BCUT2D eigenvalue weighted by Gasteiger charge is 2.27. The molecule has 0 unspecified atom stereocenters. The number of benzene rings is 3. The van der Waals surface area contributed by atoms with Gasteiger partial charge in [-0.2, -0.15) is 0 Å². The van der Waals surface area contributed by atoms with Gasteiger partial charge in [0.05, 0.1) is 0 Å². The summed E-state index contributed by atoms with van der Waals surface area (Å²) >= 11 is 0. The van der Waals surface area contributed by atoms with Gasteiger partial charge < -0.3 is 40.1 Å². The Bertz CT molecular complexity index is 887. The lowest BCUT2D eigenvalue weighted by molar-refractivity contribution is 0.291. The molecule has 0 fully saturated rings. The van der Waals surface area contributed by atoms with Gasteiger partial charge in [-0.15, -0.1) is 0 Å². The van der Waals surface area contributed by atoms with Crippen LogP contribution in [0.1, 0.15) is 11.1 Å². The van der Waals surface area contributed by atoms with Crippen molar-refractivity contribution in [1.82, 2.24) is 0 Å². The summed E-state index contributed by atoms with van der Waals surface area (Å²) in [6.07, 6.45) is 0.880. The first-order valence-electron chi connectivity index (χ1n) is 10.3. The monoisotopic (exact) mass is 436 g/mol. The first-order chi connectivity index (χ1) is 15.6. The summed E-state index contributed by atoms with van der Waals surface area (Å²) in [4.78, 5) is 0. The van der Waals surface area contributed by atoms with Gasteiger partial charge in [0.2, 0.25) is 0 Å². The van der Waals surface area contributed by atoms with E-state index in [1.165, 1.54) is 0 Å². The zero-order chi connectivity index (χ0) is 22.8. The second-order valence-corrected chi connectivity index (χ2v) is 6.81. The molecule has 0 atom stereocenters. The quantitative estimate of drug-likeness (QED) is 0.315. The molecule has 0 saturated heterocycles. The minimum absolute atomic E-state index is 0.329. The maximum absolute atomic E-state index is 10.3. The Hall–Kier alpha value is -3.17. The third kappa shape index (κ3) is 6.66. The molecular weight excluding hydrogens is 410 g/mol. The molecule has 0 heterocycles. The van der Waals surface area contributed by atoms with E-state index in [0.29, 0.717) is 60.1 Å². The third-order valence-electron chi connectivity index (χ3n) is 4.55. The van der Waals surface area contributed by atoms with Crippen molar-refractivity contribution in [2.75, 3.05) is 13.1 Å². The number of para-hydroxylation sites is 2. The van der Waals surface area contributed by atoms with Crippen molar-refractivity contribution in [1.29, 1.82) is 0 Å². The molecule has 0 spiro atoms. The summed E-state index contributed by atoms with van der Waals surface area (Å²) in [5.41, 5.74) is 13.0. The van der Waals surface area contributed by atoms with Gasteiger partial charge in [0.1, 0.15) is 23.0 Å². The molecule has 3 aromatic rings. The molecule has 0 aliphatic rings. The van der Waals surface area contributed by atoms with Gasteiger partial charge in [-0.3, -0.25) is 0 Å². The van der Waals surface area contributed by atoms with Gasteiger partial charge in [-0.1, -0.05) is 36.4 Å².